The molecular weight excluding hydrogens is 380 g/mol. The molecule has 1 aliphatic heterocycles. The van der Waals surface area contributed by atoms with Crippen LogP contribution in [0.4, 0.5) is 0 Å². The van der Waals surface area contributed by atoms with Crippen molar-refractivity contribution < 1.29 is 4.74 Å². The highest BCUT2D eigenvalue weighted by Crippen LogP contribution is 2.32. The zero-order valence-electron chi connectivity index (χ0n) is 18.2. The van der Waals surface area contributed by atoms with E-state index in [1.54, 1.807) is 0 Å². The summed E-state index contributed by atoms with van der Waals surface area (Å²) in [5, 5.41) is 13.6. The summed E-state index contributed by atoms with van der Waals surface area (Å²) in [5.74, 6) is 1.51. The molecule has 0 spiro atoms. The van der Waals surface area contributed by atoms with Crippen LogP contribution in [-0.2, 0) is 5.54 Å². The van der Waals surface area contributed by atoms with Crippen molar-refractivity contribution in [2.45, 2.75) is 58.5 Å². The summed E-state index contributed by atoms with van der Waals surface area (Å²) < 4.78 is 7.54. The van der Waals surface area contributed by atoms with E-state index >= 15 is 0 Å². The van der Waals surface area contributed by atoms with Gasteiger partial charge in [-0.3, -0.25) is 9.69 Å². The van der Waals surface area contributed by atoms with Crippen LogP contribution in [0.3, 0.4) is 0 Å². The Morgan fingerprint density at radius 3 is 2.67 bits per heavy atom. The number of nitrogens with zero attached hydrogens (tertiary/aromatic N) is 5. The number of ether oxygens (including phenoxy) is 1. The van der Waals surface area contributed by atoms with Crippen LogP contribution in [0.5, 0.6) is 5.75 Å². The van der Waals surface area contributed by atoms with E-state index in [0.29, 0.717) is 12.2 Å². The second kappa shape index (κ2) is 8.18. The molecule has 2 aromatic heterocycles. The number of likely N-dealkylation sites (tertiary alicyclic amines) is 1. The number of pyridine rings is 1. The molecule has 0 amide bonds. The van der Waals surface area contributed by atoms with Gasteiger partial charge in [0.25, 0.3) is 5.56 Å². The van der Waals surface area contributed by atoms with Gasteiger partial charge in [0.2, 0.25) is 0 Å². The molecule has 1 aromatic carbocycles. The molecule has 1 atom stereocenters. The predicted molar refractivity (Wildman–Crippen MR) is 116 cm³/mol. The third-order valence-corrected chi connectivity index (χ3v) is 6.13. The molecule has 3 heterocycles. The number of hydrogen-bond acceptors (Lipinski definition) is 6. The molecule has 0 unspecified atom stereocenters. The fourth-order valence-corrected chi connectivity index (χ4v) is 4.11. The number of benzene rings is 1. The Morgan fingerprint density at radius 1 is 1.20 bits per heavy atom. The molecule has 1 fully saturated rings. The molecule has 30 heavy (non-hydrogen) atoms. The van der Waals surface area contributed by atoms with Crippen LogP contribution in [0.2, 0.25) is 0 Å². The Balaban J connectivity index is 1.88. The third-order valence-electron chi connectivity index (χ3n) is 6.13. The maximum absolute atomic E-state index is 13.2. The third kappa shape index (κ3) is 3.71. The van der Waals surface area contributed by atoms with E-state index in [-0.39, 0.29) is 17.1 Å². The molecule has 0 saturated carbocycles. The zero-order valence-corrected chi connectivity index (χ0v) is 18.2. The van der Waals surface area contributed by atoms with Gasteiger partial charge in [0.05, 0.1) is 12.1 Å². The highest BCUT2D eigenvalue weighted by atomic mass is 16.5. The molecule has 0 bridgehead atoms. The summed E-state index contributed by atoms with van der Waals surface area (Å²) in [6.45, 7) is 10.7. The van der Waals surface area contributed by atoms with Gasteiger partial charge >= 0.3 is 0 Å². The van der Waals surface area contributed by atoms with Crippen LogP contribution in [0.25, 0.3) is 10.9 Å². The van der Waals surface area contributed by atoms with Crippen LogP contribution in [0.15, 0.2) is 29.1 Å². The number of H-pyrrole nitrogens is 1. The second-order valence-electron chi connectivity index (χ2n) is 8.50. The molecule has 4 rings (SSSR count). The lowest BCUT2D eigenvalue weighted by Gasteiger charge is -2.30. The maximum Gasteiger partial charge on any atom is 0.253 e. The highest BCUT2D eigenvalue weighted by Gasteiger charge is 2.35. The molecule has 0 radical (unpaired) electrons. The van der Waals surface area contributed by atoms with E-state index < -0.39 is 0 Å². The normalized spacial score (nSPS) is 16.3. The first-order valence-corrected chi connectivity index (χ1v) is 10.8. The van der Waals surface area contributed by atoms with Crippen molar-refractivity contribution in [3.05, 3.63) is 46.0 Å². The molecule has 160 valence electrons. The Kier molecular flexibility index (Phi) is 5.60. The quantitative estimate of drug-likeness (QED) is 0.643. The van der Waals surface area contributed by atoms with E-state index in [1.807, 2.05) is 35.9 Å². The van der Waals surface area contributed by atoms with Crippen LogP contribution in [0, 0.1) is 0 Å². The van der Waals surface area contributed by atoms with Gasteiger partial charge in [-0.1, -0.05) is 6.92 Å². The number of fused-ring (bicyclic) bond motifs is 1. The number of rotatable bonds is 7. The van der Waals surface area contributed by atoms with Crippen molar-refractivity contribution in [1.29, 1.82) is 0 Å². The van der Waals surface area contributed by atoms with Crippen molar-refractivity contribution >= 4 is 10.9 Å². The van der Waals surface area contributed by atoms with E-state index in [0.717, 1.165) is 54.8 Å². The summed E-state index contributed by atoms with van der Waals surface area (Å²) in [7, 11) is 0. The lowest BCUT2D eigenvalue weighted by molar-refractivity contribution is 0.230. The lowest BCUT2D eigenvalue weighted by Crippen LogP contribution is -2.37. The van der Waals surface area contributed by atoms with Gasteiger partial charge in [-0.25, -0.2) is 4.68 Å². The molecule has 8 nitrogen and oxygen atoms in total. The van der Waals surface area contributed by atoms with Crippen LogP contribution in [-0.4, -0.2) is 49.8 Å². The minimum absolute atomic E-state index is 0.104. The van der Waals surface area contributed by atoms with Gasteiger partial charge in [-0.15, -0.1) is 5.10 Å². The Hall–Kier alpha value is -2.74. The average molecular weight is 411 g/mol. The summed E-state index contributed by atoms with van der Waals surface area (Å²) >= 11 is 0. The first kappa shape index (κ1) is 20.5. The summed E-state index contributed by atoms with van der Waals surface area (Å²) in [6.07, 6.45) is 3.09. The maximum atomic E-state index is 13.2. The van der Waals surface area contributed by atoms with E-state index in [1.165, 1.54) is 0 Å². The molecule has 3 aromatic rings. The largest absolute Gasteiger partial charge is 0.494 e. The topological polar surface area (TPSA) is 88.9 Å². The smallest absolute Gasteiger partial charge is 0.253 e. The minimum Gasteiger partial charge on any atom is -0.494 e. The van der Waals surface area contributed by atoms with Gasteiger partial charge in [0.15, 0.2) is 5.82 Å². The molecular formula is C22H30N6O2. The van der Waals surface area contributed by atoms with Gasteiger partial charge in [-0.05, 0) is 87.8 Å². The Bertz CT molecular complexity index is 1080. The highest BCUT2D eigenvalue weighted by molar-refractivity contribution is 5.80. The van der Waals surface area contributed by atoms with Crippen LogP contribution in [0.1, 0.15) is 64.4 Å². The molecule has 1 saturated heterocycles. The predicted octanol–water partition coefficient (Wildman–Crippen LogP) is 3.24. The fraction of sp³-hybridized carbons (Fsp3) is 0.545. The summed E-state index contributed by atoms with van der Waals surface area (Å²) in [5.41, 5.74) is 1.11. The number of aromatic amines is 1. The van der Waals surface area contributed by atoms with Crippen LogP contribution >= 0.6 is 0 Å². The SMILES string of the molecule is CCOc1ccc2[nH]c(=O)c([C@@H](c3nnnn3C(C)(C)CC)N3CCCC3)cc2c1. The molecule has 1 aliphatic rings. The van der Waals surface area contributed by atoms with E-state index in [4.69, 9.17) is 4.74 Å². The first-order chi connectivity index (χ1) is 14.4. The zero-order chi connectivity index (χ0) is 21.3. The van der Waals surface area contributed by atoms with Crippen molar-refractivity contribution in [2.24, 2.45) is 0 Å². The van der Waals surface area contributed by atoms with Gasteiger partial charge in [0, 0.05) is 16.5 Å². The standard InChI is InChI=1S/C22H30N6O2/c1-5-22(3,4)28-20(24-25-26-28)19(27-11-7-8-12-27)17-14-15-13-16(30-6-2)9-10-18(15)23-21(17)29/h9-10,13-14,19H,5-8,11-12H2,1-4H3,(H,23,29)/t19-/m0/s1. The number of nitrogens with one attached hydrogen (secondary N) is 1. The summed E-state index contributed by atoms with van der Waals surface area (Å²) in [6, 6.07) is 7.41. The number of hydrogen-bond donors (Lipinski definition) is 1. The molecule has 8 heteroatoms. The van der Waals surface area contributed by atoms with Gasteiger partial charge in [-0.2, -0.15) is 0 Å². The monoisotopic (exact) mass is 410 g/mol. The van der Waals surface area contributed by atoms with E-state index in [2.05, 4.69) is 46.2 Å². The minimum atomic E-state index is -0.294. The fourth-order valence-electron chi connectivity index (χ4n) is 4.11. The molecule has 0 aliphatic carbocycles. The van der Waals surface area contributed by atoms with Crippen molar-refractivity contribution in [1.82, 2.24) is 30.1 Å². The van der Waals surface area contributed by atoms with Crippen molar-refractivity contribution in [3.63, 3.8) is 0 Å². The lowest BCUT2D eigenvalue weighted by atomic mass is 9.99. The summed E-state index contributed by atoms with van der Waals surface area (Å²) in [4.78, 5) is 18.5. The second-order valence-corrected chi connectivity index (χ2v) is 8.50. The van der Waals surface area contributed by atoms with Crippen LogP contribution < -0.4 is 10.3 Å². The van der Waals surface area contributed by atoms with Crippen molar-refractivity contribution in [3.8, 4) is 5.75 Å². The van der Waals surface area contributed by atoms with Gasteiger partial charge < -0.3 is 9.72 Å². The van der Waals surface area contributed by atoms with Crippen molar-refractivity contribution in [2.75, 3.05) is 19.7 Å². The number of aromatic nitrogens is 5. The molecule has 1 N–H and O–H groups in total. The first-order valence-electron chi connectivity index (χ1n) is 10.8. The average Bonchev–Trinajstić information content (AvgIpc) is 3.42. The number of tetrazole rings is 1. The van der Waals surface area contributed by atoms with Gasteiger partial charge in [0.1, 0.15) is 11.8 Å². The Labute approximate surface area is 176 Å². The Morgan fingerprint density at radius 2 is 1.97 bits per heavy atom. The van der Waals surface area contributed by atoms with E-state index in [9.17, 15) is 4.79 Å².